The summed E-state index contributed by atoms with van der Waals surface area (Å²) >= 11 is 0. The van der Waals surface area contributed by atoms with Gasteiger partial charge in [0.05, 0.1) is 11.3 Å². The van der Waals surface area contributed by atoms with Crippen molar-refractivity contribution >= 4 is 17.3 Å². The van der Waals surface area contributed by atoms with Gasteiger partial charge in [-0.1, -0.05) is 31.2 Å². The molecule has 0 amide bonds. The van der Waals surface area contributed by atoms with Crippen LogP contribution in [0, 0.1) is 5.82 Å². The summed E-state index contributed by atoms with van der Waals surface area (Å²) in [5.41, 5.74) is 7.65. The third-order valence-electron chi connectivity index (χ3n) is 3.34. The lowest BCUT2D eigenvalue weighted by molar-refractivity contribution is 0.0698. The van der Waals surface area contributed by atoms with E-state index in [0.29, 0.717) is 6.54 Å². The van der Waals surface area contributed by atoms with Crippen molar-refractivity contribution in [3.8, 4) is 0 Å². The van der Waals surface area contributed by atoms with Gasteiger partial charge in [-0.25, -0.2) is 9.18 Å². The van der Waals surface area contributed by atoms with Crippen LogP contribution in [0.3, 0.4) is 0 Å². The zero-order valence-corrected chi connectivity index (χ0v) is 11.7. The Hall–Kier alpha value is -2.56. The highest BCUT2D eigenvalue weighted by molar-refractivity contribution is 5.94. The van der Waals surface area contributed by atoms with Gasteiger partial charge in [0.25, 0.3) is 0 Å². The molecular weight excluding hydrogens is 271 g/mol. The first-order chi connectivity index (χ1) is 10.0. The molecule has 0 heterocycles. The molecule has 2 aromatic carbocycles. The highest BCUT2D eigenvalue weighted by Crippen LogP contribution is 2.23. The second kappa shape index (κ2) is 6.26. The second-order valence-electron chi connectivity index (χ2n) is 4.70. The lowest BCUT2D eigenvalue weighted by Gasteiger charge is -2.12. The van der Waals surface area contributed by atoms with Crippen molar-refractivity contribution in [2.75, 3.05) is 11.1 Å². The molecule has 0 atom stereocenters. The van der Waals surface area contributed by atoms with E-state index in [-0.39, 0.29) is 16.9 Å². The average molecular weight is 288 g/mol. The van der Waals surface area contributed by atoms with Crippen LogP contribution in [0.2, 0.25) is 0 Å². The van der Waals surface area contributed by atoms with E-state index in [1.807, 2.05) is 31.2 Å². The summed E-state index contributed by atoms with van der Waals surface area (Å²) in [7, 11) is 0. The van der Waals surface area contributed by atoms with Crippen molar-refractivity contribution in [1.29, 1.82) is 0 Å². The van der Waals surface area contributed by atoms with Crippen LogP contribution in [0.4, 0.5) is 15.8 Å². The Labute approximate surface area is 122 Å². The van der Waals surface area contributed by atoms with Crippen LogP contribution >= 0.6 is 0 Å². The number of hydrogen-bond acceptors (Lipinski definition) is 3. The number of aryl methyl sites for hydroxylation is 1. The number of benzene rings is 2. The molecule has 0 saturated carbocycles. The monoisotopic (exact) mass is 288 g/mol. The third-order valence-corrected chi connectivity index (χ3v) is 3.34. The van der Waals surface area contributed by atoms with Crippen molar-refractivity contribution in [3.05, 3.63) is 58.9 Å². The van der Waals surface area contributed by atoms with E-state index in [0.717, 1.165) is 18.1 Å². The molecule has 4 N–H and O–H groups in total. The van der Waals surface area contributed by atoms with E-state index < -0.39 is 11.8 Å². The van der Waals surface area contributed by atoms with Crippen LogP contribution < -0.4 is 11.1 Å². The van der Waals surface area contributed by atoms with Crippen molar-refractivity contribution < 1.29 is 14.3 Å². The van der Waals surface area contributed by atoms with Crippen molar-refractivity contribution in [2.24, 2.45) is 0 Å². The maximum atomic E-state index is 13.8. The Morgan fingerprint density at radius 3 is 2.57 bits per heavy atom. The molecular formula is C16H17FN2O2. The van der Waals surface area contributed by atoms with Gasteiger partial charge in [0.15, 0.2) is 0 Å². The summed E-state index contributed by atoms with van der Waals surface area (Å²) in [5.74, 6) is -1.74. The molecule has 4 nitrogen and oxygen atoms in total. The SMILES string of the molecule is CCc1ccccc1CNc1cc(C(=O)O)c(N)cc1F. The van der Waals surface area contributed by atoms with E-state index in [2.05, 4.69) is 5.32 Å². The topological polar surface area (TPSA) is 75.3 Å². The zero-order chi connectivity index (χ0) is 15.4. The summed E-state index contributed by atoms with van der Waals surface area (Å²) in [6.45, 7) is 2.47. The van der Waals surface area contributed by atoms with Gasteiger partial charge in [0, 0.05) is 12.2 Å². The first kappa shape index (κ1) is 14.8. The highest BCUT2D eigenvalue weighted by atomic mass is 19.1. The maximum Gasteiger partial charge on any atom is 0.337 e. The van der Waals surface area contributed by atoms with Gasteiger partial charge in [-0.3, -0.25) is 0 Å². The van der Waals surface area contributed by atoms with Crippen LogP contribution in [0.15, 0.2) is 36.4 Å². The minimum absolute atomic E-state index is 0.0838. The standard InChI is InChI=1S/C16H17FN2O2/c1-2-10-5-3-4-6-11(10)9-19-15-7-12(16(20)21)14(18)8-13(15)17/h3-8,19H,2,9,18H2,1H3,(H,20,21). The Morgan fingerprint density at radius 2 is 1.95 bits per heavy atom. The predicted molar refractivity (Wildman–Crippen MR) is 80.9 cm³/mol. The molecule has 0 fully saturated rings. The number of carboxylic acids is 1. The average Bonchev–Trinajstić information content (AvgIpc) is 2.46. The first-order valence-electron chi connectivity index (χ1n) is 6.66. The molecule has 0 aliphatic rings. The maximum absolute atomic E-state index is 13.8. The Balaban J connectivity index is 2.24. The number of nitrogen functional groups attached to an aromatic ring is 1. The molecule has 2 rings (SSSR count). The largest absolute Gasteiger partial charge is 0.478 e. The molecule has 0 aliphatic heterocycles. The molecule has 0 unspecified atom stereocenters. The third kappa shape index (κ3) is 3.31. The van der Waals surface area contributed by atoms with Gasteiger partial charge in [-0.2, -0.15) is 0 Å². The smallest absolute Gasteiger partial charge is 0.337 e. The molecule has 0 radical (unpaired) electrons. The minimum Gasteiger partial charge on any atom is -0.478 e. The lowest BCUT2D eigenvalue weighted by atomic mass is 10.1. The van der Waals surface area contributed by atoms with E-state index in [4.69, 9.17) is 10.8 Å². The lowest BCUT2D eigenvalue weighted by Crippen LogP contribution is -2.08. The van der Waals surface area contributed by atoms with Crippen molar-refractivity contribution in [2.45, 2.75) is 19.9 Å². The van der Waals surface area contributed by atoms with Crippen LogP contribution in [-0.2, 0) is 13.0 Å². The van der Waals surface area contributed by atoms with E-state index in [1.165, 1.54) is 11.6 Å². The number of carboxylic acid groups (broad SMARTS) is 1. The fraction of sp³-hybridized carbons (Fsp3) is 0.188. The number of aromatic carboxylic acids is 1. The highest BCUT2D eigenvalue weighted by Gasteiger charge is 2.13. The van der Waals surface area contributed by atoms with Crippen molar-refractivity contribution in [3.63, 3.8) is 0 Å². The summed E-state index contributed by atoms with van der Waals surface area (Å²) in [6.07, 6.45) is 0.877. The predicted octanol–water partition coefficient (Wildman–Crippen LogP) is 3.28. The van der Waals surface area contributed by atoms with Gasteiger partial charge >= 0.3 is 5.97 Å². The number of hydrogen-bond donors (Lipinski definition) is 3. The summed E-state index contributed by atoms with van der Waals surface area (Å²) in [6, 6.07) is 10.1. The van der Waals surface area contributed by atoms with E-state index in [9.17, 15) is 9.18 Å². The van der Waals surface area contributed by atoms with E-state index in [1.54, 1.807) is 0 Å². The number of rotatable bonds is 5. The van der Waals surface area contributed by atoms with Crippen LogP contribution in [0.5, 0.6) is 0 Å². The molecule has 0 aromatic heterocycles. The summed E-state index contributed by atoms with van der Waals surface area (Å²) < 4.78 is 13.8. The number of carbonyl (C=O) groups is 1. The van der Waals surface area contributed by atoms with Gasteiger partial charge in [-0.15, -0.1) is 0 Å². The van der Waals surface area contributed by atoms with Gasteiger partial charge in [-0.05, 0) is 29.7 Å². The summed E-state index contributed by atoms with van der Waals surface area (Å²) in [4.78, 5) is 11.0. The first-order valence-corrected chi connectivity index (χ1v) is 6.66. The zero-order valence-electron chi connectivity index (χ0n) is 11.7. The van der Waals surface area contributed by atoms with Crippen LogP contribution in [0.25, 0.3) is 0 Å². The molecule has 0 saturated heterocycles. The Bertz CT molecular complexity index is 671. The van der Waals surface area contributed by atoms with Gasteiger partial charge < -0.3 is 16.2 Å². The molecule has 0 spiro atoms. The number of anilines is 2. The van der Waals surface area contributed by atoms with Gasteiger partial charge in [0.2, 0.25) is 0 Å². The number of nitrogens with two attached hydrogens (primary N) is 1. The van der Waals surface area contributed by atoms with E-state index >= 15 is 0 Å². The number of nitrogens with one attached hydrogen (secondary N) is 1. The molecule has 2 aromatic rings. The summed E-state index contributed by atoms with van der Waals surface area (Å²) in [5, 5.41) is 12.0. The van der Waals surface area contributed by atoms with Crippen molar-refractivity contribution in [1.82, 2.24) is 0 Å². The van der Waals surface area contributed by atoms with Gasteiger partial charge in [0.1, 0.15) is 5.82 Å². The second-order valence-corrected chi connectivity index (χ2v) is 4.70. The van der Waals surface area contributed by atoms with Crippen LogP contribution in [-0.4, -0.2) is 11.1 Å². The minimum atomic E-state index is -1.18. The number of halogens is 1. The van der Waals surface area contributed by atoms with Crippen LogP contribution in [0.1, 0.15) is 28.4 Å². The normalized spacial score (nSPS) is 10.4. The molecule has 21 heavy (non-hydrogen) atoms. The Kier molecular flexibility index (Phi) is 4.42. The fourth-order valence-corrected chi connectivity index (χ4v) is 2.17. The molecule has 0 bridgehead atoms. The molecule has 110 valence electrons. The Morgan fingerprint density at radius 1 is 1.29 bits per heavy atom. The molecule has 0 aliphatic carbocycles. The fourth-order valence-electron chi connectivity index (χ4n) is 2.17. The quantitative estimate of drug-likeness (QED) is 0.738. The molecule has 5 heteroatoms.